The summed E-state index contributed by atoms with van der Waals surface area (Å²) in [5, 5.41) is 11.4. The highest BCUT2D eigenvalue weighted by atomic mass is 16.5. The standard InChI is InChI=1S/C19H17NO3/c1-20(2)17-11-15-10-16(21)9-8-14(15)12-18(17)23-19(22)13-6-4-3-5-7-13/h3-12,21H,1-2H3. The molecule has 23 heavy (non-hydrogen) atoms. The SMILES string of the molecule is CN(C)c1cc2cc(O)ccc2cc1OC(=O)c1ccccc1. The van der Waals surface area contributed by atoms with Gasteiger partial charge in [-0.25, -0.2) is 4.79 Å². The number of anilines is 1. The van der Waals surface area contributed by atoms with Crippen molar-refractivity contribution in [3.05, 3.63) is 66.2 Å². The van der Waals surface area contributed by atoms with E-state index in [1.807, 2.05) is 37.2 Å². The molecule has 4 heteroatoms. The molecule has 3 aromatic carbocycles. The number of phenolic OH excluding ortho intramolecular Hbond substituents is 1. The zero-order chi connectivity index (χ0) is 16.4. The van der Waals surface area contributed by atoms with E-state index in [-0.39, 0.29) is 5.75 Å². The lowest BCUT2D eigenvalue weighted by Crippen LogP contribution is -2.14. The van der Waals surface area contributed by atoms with Gasteiger partial charge >= 0.3 is 5.97 Å². The molecule has 0 heterocycles. The van der Waals surface area contributed by atoms with Crippen LogP contribution < -0.4 is 9.64 Å². The Morgan fingerprint density at radius 2 is 1.70 bits per heavy atom. The molecule has 0 bridgehead atoms. The molecule has 1 N–H and O–H groups in total. The molecule has 3 aromatic rings. The van der Waals surface area contributed by atoms with Crippen LogP contribution in [0.3, 0.4) is 0 Å². The van der Waals surface area contributed by atoms with Gasteiger partial charge in [0.2, 0.25) is 0 Å². The van der Waals surface area contributed by atoms with Gasteiger partial charge in [-0.05, 0) is 47.2 Å². The maximum atomic E-state index is 12.3. The average Bonchev–Trinajstić information content (AvgIpc) is 2.55. The summed E-state index contributed by atoms with van der Waals surface area (Å²) in [6.45, 7) is 0. The molecule has 0 radical (unpaired) electrons. The number of benzene rings is 3. The molecule has 0 aliphatic heterocycles. The Kier molecular flexibility index (Phi) is 3.89. The van der Waals surface area contributed by atoms with E-state index in [4.69, 9.17) is 4.74 Å². The summed E-state index contributed by atoms with van der Waals surface area (Å²) in [7, 11) is 3.76. The quantitative estimate of drug-likeness (QED) is 0.590. The van der Waals surface area contributed by atoms with Gasteiger partial charge in [0, 0.05) is 14.1 Å². The number of carbonyl (C=O) groups is 1. The van der Waals surface area contributed by atoms with E-state index in [0.29, 0.717) is 11.3 Å². The van der Waals surface area contributed by atoms with Crippen LogP contribution >= 0.6 is 0 Å². The topological polar surface area (TPSA) is 49.8 Å². The summed E-state index contributed by atoms with van der Waals surface area (Å²) in [4.78, 5) is 14.2. The summed E-state index contributed by atoms with van der Waals surface area (Å²) in [6.07, 6.45) is 0. The number of phenols is 1. The van der Waals surface area contributed by atoms with Crippen molar-refractivity contribution in [2.75, 3.05) is 19.0 Å². The summed E-state index contributed by atoms with van der Waals surface area (Å²) < 4.78 is 5.59. The Labute approximate surface area is 134 Å². The van der Waals surface area contributed by atoms with E-state index in [1.165, 1.54) is 0 Å². The highest BCUT2D eigenvalue weighted by Gasteiger charge is 2.14. The molecule has 0 saturated carbocycles. The lowest BCUT2D eigenvalue weighted by molar-refractivity contribution is 0.0735. The van der Waals surface area contributed by atoms with Gasteiger partial charge in [-0.2, -0.15) is 0 Å². The molecule has 0 unspecified atom stereocenters. The lowest BCUT2D eigenvalue weighted by Gasteiger charge is -2.18. The predicted molar refractivity (Wildman–Crippen MR) is 91.3 cm³/mol. The van der Waals surface area contributed by atoms with Crippen LogP contribution in [-0.4, -0.2) is 25.2 Å². The Bertz CT molecular complexity index is 857. The number of hydrogen-bond donors (Lipinski definition) is 1. The van der Waals surface area contributed by atoms with Crippen LogP contribution in [0.2, 0.25) is 0 Å². The summed E-state index contributed by atoms with van der Waals surface area (Å²) in [5.74, 6) is 0.296. The minimum absolute atomic E-state index is 0.205. The average molecular weight is 307 g/mol. The Morgan fingerprint density at radius 3 is 2.39 bits per heavy atom. The van der Waals surface area contributed by atoms with Crippen LogP contribution in [0.25, 0.3) is 10.8 Å². The van der Waals surface area contributed by atoms with Crippen molar-refractivity contribution in [3.8, 4) is 11.5 Å². The third-order valence-electron chi connectivity index (χ3n) is 3.60. The molecule has 0 saturated heterocycles. The second kappa shape index (κ2) is 6.01. The van der Waals surface area contributed by atoms with Crippen molar-refractivity contribution in [2.24, 2.45) is 0 Å². The monoisotopic (exact) mass is 307 g/mol. The van der Waals surface area contributed by atoms with Crippen molar-refractivity contribution in [1.29, 1.82) is 0 Å². The van der Waals surface area contributed by atoms with Crippen molar-refractivity contribution < 1.29 is 14.6 Å². The third-order valence-corrected chi connectivity index (χ3v) is 3.60. The Balaban J connectivity index is 2.03. The number of ether oxygens (including phenoxy) is 1. The van der Waals surface area contributed by atoms with Gasteiger partial charge in [0.25, 0.3) is 0 Å². The Hall–Kier alpha value is -3.01. The highest BCUT2D eigenvalue weighted by molar-refractivity contribution is 5.95. The maximum absolute atomic E-state index is 12.3. The van der Waals surface area contributed by atoms with Gasteiger partial charge in [0.1, 0.15) is 5.75 Å². The molecule has 0 aliphatic carbocycles. The Morgan fingerprint density at radius 1 is 0.957 bits per heavy atom. The van der Waals surface area contributed by atoms with Crippen LogP contribution in [0.4, 0.5) is 5.69 Å². The lowest BCUT2D eigenvalue weighted by atomic mass is 10.1. The first kappa shape index (κ1) is 14.9. The molecular weight excluding hydrogens is 290 g/mol. The van der Waals surface area contributed by atoms with Crippen LogP contribution in [0.5, 0.6) is 11.5 Å². The van der Waals surface area contributed by atoms with E-state index in [2.05, 4.69) is 0 Å². The zero-order valence-electron chi connectivity index (χ0n) is 13.0. The number of rotatable bonds is 3. The molecular formula is C19H17NO3. The molecule has 0 amide bonds. The van der Waals surface area contributed by atoms with Crippen LogP contribution in [0.15, 0.2) is 60.7 Å². The summed E-state index contributed by atoms with van der Waals surface area (Å²) >= 11 is 0. The number of carbonyl (C=O) groups excluding carboxylic acids is 1. The van der Waals surface area contributed by atoms with E-state index < -0.39 is 5.97 Å². The van der Waals surface area contributed by atoms with Gasteiger partial charge in [-0.15, -0.1) is 0 Å². The minimum Gasteiger partial charge on any atom is -0.508 e. The van der Waals surface area contributed by atoms with Crippen molar-refractivity contribution in [3.63, 3.8) is 0 Å². The van der Waals surface area contributed by atoms with E-state index in [1.54, 1.807) is 42.5 Å². The predicted octanol–water partition coefficient (Wildman–Crippen LogP) is 3.83. The van der Waals surface area contributed by atoms with E-state index >= 15 is 0 Å². The number of aromatic hydroxyl groups is 1. The second-order valence-corrected chi connectivity index (χ2v) is 5.50. The van der Waals surface area contributed by atoms with E-state index in [9.17, 15) is 9.90 Å². The molecule has 0 spiro atoms. The summed E-state index contributed by atoms with van der Waals surface area (Å²) in [6, 6.07) is 17.7. The fourth-order valence-corrected chi connectivity index (χ4v) is 2.42. The number of esters is 1. The van der Waals surface area contributed by atoms with Gasteiger partial charge in [0.05, 0.1) is 11.3 Å². The molecule has 0 fully saturated rings. The van der Waals surface area contributed by atoms with Gasteiger partial charge in [0.15, 0.2) is 5.75 Å². The van der Waals surface area contributed by atoms with Gasteiger partial charge in [-0.3, -0.25) is 0 Å². The van der Waals surface area contributed by atoms with Crippen molar-refractivity contribution in [1.82, 2.24) is 0 Å². The largest absolute Gasteiger partial charge is 0.508 e. The number of fused-ring (bicyclic) bond motifs is 1. The van der Waals surface area contributed by atoms with Crippen LogP contribution in [0.1, 0.15) is 10.4 Å². The smallest absolute Gasteiger partial charge is 0.343 e. The fraction of sp³-hybridized carbons (Fsp3) is 0.105. The first-order valence-electron chi connectivity index (χ1n) is 7.26. The molecule has 0 aliphatic rings. The third kappa shape index (κ3) is 3.11. The zero-order valence-corrected chi connectivity index (χ0v) is 13.0. The number of hydrogen-bond acceptors (Lipinski definition) is 4. The minimum atomic E-state index is -0.396. The van der Waals surface area contributed by atoms with Crippen LogP contribution in [0, 0.1) is 0 Å². The van der Waals surface area contributed by atoms with Gasteiger partial charge in [-0.1, -0.05) is 24.3 Å². The van der Waals surface area contributed by atoms with Gasteiger partial charge < -0.3 is 14.7 Å². The molecule has 0 aromatic heterocycles. The summed E-state index contributed by atoms with van der Waals surface area (Å²) in [5.41, 5.74) is 1.27. The highest BCUT2D eigenvalue weighted by Crippen LogP contribution is 2.34. The normalized spacial score (nSPS) is 10.5. The second-order valence-electron chi connectivity index (χ2n) is 5.50. The van der Waals surface area contributed by atoms with Crippen molar-refractivity contribution >= 4 is 22.4 Å². The first-order valence-corrected chi connectivity index (χ1v) is 7.26. The molecule has 4 nitrogen and oxygen atoms in total. The molecule has 0 atom stereocenters. The van der Waals surface area contributed by atoms with E-state index in [0.717, 1.165) is 16.5 Å². The molecule has 116 valence electrons. The van der Waals surface area contributed by atoms with Crippen LogP contribution in [-0.2, 0) is 0 Å². The van der Waals surface area contributed by atoms with Crippen molar-refractivity contribution in [2.45, 2.75) is 0 Å². The maximum Gasteiger partial charge on any atom is 0.343 e. The first-order chi connectivity index (χ1) is 11.0. The fourth-order valence-electron chi connectivity index (χ4n) is 2.42. The molecule has 3 rings (SSSR count). The number of nitrogens with zero attached hydrogens (tertiary/aromatic N) is 1.